The Kier molecular flexibility index (Phi) is 7.09. The quantitative estimate of drug-likeness (QED) is 0.226. The van der Waals surface area contributed by atoms with Crippen LogP contribution in [0.1, 0.15) is 43.7 Å². The monoisotopic (exact) mass is 471 g/mol. The zero-order valence-electron chi connectivity index (χ0n) is 18.4. The normalized spacial score (nSPS) is 11.1. The molecule has 0 aliphatic rings. The maximum atomic E-state index is 4.05. The summed E-state index contributed by atoms with van der Waals surface area (Å²) >= 11 is 4.05. The molecular weight excluding hydrogens is 442 g/mol. The van der Waals surface area contributed by atoms with E-state index in [1.807, 2.05) is 0 Å². The maximum absolute atomic E-state index is 4.05. The van der Waals surface area contributed by atoms with Crippen LogP contribution in [0.2, 0.25) is 0 Å². The lowest BCUT2D eigenvalue weighted by Gasteiger charge is -2.16. The number of aromatic nitrogens is 1. The summed E-state index contributed by atoms with van der Waals surface area (Å²) in [7, 11) is 0. The van der Waals surface area contributed by atoms with Crippen molar-refractivity contribution < 1.29 is 0 Å². The summed E-state index contributed by atoms with van der Waals surface area (Å²) in [5.41, 5.74) is 8.90. The summed E-state index contributed by atoms with van der Waals surface area (Å²) in [4.78, 5) is 0. The van der Waals surface area contributed by atoms with E-state index in [0.29, 0.717) is 0 Å². The minimum atomic E-state index is 1.07. The van der Waals surface area contributed by atoms with Gasteiger partial charge in [-0.05, 0) is 64.5 Å². The number of benzene rings is 3. The summed E-state index contributed by atoms with van der Waals surface area (Å²) in [6.07, 6.45) is 6.10. The number of hydrogen-bond acceptors (Lipinski definition) is 0. The highest BCUT2D eigenvalue weighted by molar-refractivity contribution is 9.10. The number of unbranched alkanes of at least 4 members (excludes halogenated alkanes) is 3. The van der Waals surface area contributed by atoms with Crippen LogP contribution in [0.3, 0.4) is 0 Å². The van der Waals surface area contributed by atoms with Crippen LogP contribution in [0.5, 0.6) is 0 Å². The van der Waals surface area contributed by atoms with E-state index in [1.165, 1.54) is 69.5 Å². The average Bonchev–Trinajstić information content (AvgIpc) is 3.10. The topological polar surface area (TPSA) is 4.93 Å². The van der Waals surface area contributed by atoms with E-state index >= 15 is 0 Å². The minimum Gasteiger partial charge on any atom is -0.308 e. The first-order valence-corrected chi connectivity index (χ1v) is 12.1. The van der Waals surface area contributed by atoms with Gasteiger partial charge in [0.15, 0.2) is 0 Å². The van der Waals surface area contributed by atoms with Gasteiger partial charge in [-0.3, -0.25) is 0 Å². The van der Waals surface area contributed by atoms with E-state index in [-0.39, 0.29) is 0 Å². The van der Waals surface area contributed by atoms with Crippen molar-refractivity contribution in [3.8, 4) is 28.2 Å². The molecule has 0 aliphatic heterocycles. The molecule has 0 bridgehead atoms. The zero-order chi connectivity index (χ0) is 21.6. The van der Waals surface area contributed by atoms with Crippen LogP contribution in [-0.4, -0.2) is 4.57 Å². The summed E-state index contributed by atoms with van der Waals surface area (Å²) < 4.78 is 3.67. The lowest BCUT2D eigenvalue weighted by Crippen LogP contribution is -2.01. The molecule has 1 nitrogen and oxygen atoms in total. The van der Waals surface area contributed by atoms with Gasteiger partial charge in [0.2, 0.25) is 0 Å². The van der Waals surface area contributed by atoms with E-state index in [0.717, 1.165) is 6.42 Å². The fourth-order valence-corrected chi connectivity index (χ4v) is 5.04. The van der Waals surface area contributed by atoms with Crippen LogP contribution in [0, 0.1) is 6.92 Å². The third-order valence-corrected chi connectivity index (χ3v) is 6.73. The van der Waals surface area contributed by atoms with Crippen LogP contribution in [0.15, 0.2) is 89.4 Å². The van der Waals surface area contributed by atoms with Gasteiger partial charge >= 0.3 is 0 Å². The maximum Gasteiger partial charge on any atom is 0.0680 e. The Hall–Kier alpha value is -2.58. The predicted molar refractivity (Wildman–Crippen MR) is 137 cm³/mol. The molecule has 0 saturated heterocycles. The highest BCUT2D eigenvalue weighted by atomic mass is 79.9. The molecule has 0 unspecified atom stereocenters. The van der Waals surface area contributed by atoms with Crippen molar-refractivity contribution in [1.29, 1.82) is 0 Å². The van der Waals surface area contributed by atoms with Crippen molar-refractivity contribution in [2.24, 2.45) is 0 Å². The molecule has 0 fully saturated rings. The van der Waals surface area contributed by atoms with Crippen molar-refractivity contribution in [2.75, 3.05) is 0 Å². The molecule has 158 valence electrons. The van der Waals surface area contributed by atoms with Crippen molar-refractivity contribution in [1.82, 2.24) is 4.57 Å². The van der Waals surface area contributed by atoms with Crippen LogP contribution in [0.4, 0.5) is 0 Å². The molecule has 0 saturated carbocycles. The standard InChI is InChI=1S/C29H30BrN/c1-3-4-5-12-17-26-27(30)29(24-15-10-7-11-16-24)31(25-20-18-22(2)19-21-25)28(26)23-13-8-6-9-14-23/h6-11,13-16,18-21H,3-5,12,17H2,1-2H3. The number of nitrogens with zero attached hydrogens (tertiary/aromatic N) is 1. The average molecular weight is 472 g/mol. The molecule has 4 rings (SSSR count). The molecule has 0 amide bonds. The van der Waals surface area contributed by atoms with Crippen molar-refractivity contribution in [2.45, 2.75) is 46.0 Å². The fourth-order valence-electron chi connectivity index (χ4n) is 4.25. The molecule has 0 N–H and O–H groups in total. The molecule has 0 radical (unpaired) electrons. The third-order valence-electron chi connectivity index (χ3n) is 5.87. The molecule has 31 heavy (non-hydrogen) atoms. The molecule has 0 aliphatic carbocycles. The molecule has 0 spiro atoms. The Morgan fingerprint density at radius 2 is 1.26 bits per heavy atom. The molecule has 3 aromatic carbocycles. The molecule has 1 aromatic heterocycles. The van der Waals surface area contributed by atoms with E-state index < -0.39 is 0 Å². The second kappa shape index (κ2) is 10.2. The Balaban J connectivity index is 1.98. The Morgan fingerprint density at radius 3 is 1.84 bits per heavy atom. The number of halogens is 1. The van der Waals surface area contributed by atoms with Crippen molar-refractivity contribution >= 4 is 15.9 Å². The van der Waals surface area contributed by atoms with Crippen LogP contribution in [-0.2, 0) is 6.42 Å². The highest BCUT2D eigenvalue weighted by Crippen LogP contribution is 2.43. The SMILES string of the molecule is CCCCCCc1c(Br)c(-c2ccccc2)n(-c2ccc(C)cc2)c1-c1ccccc1. The molecule has 0 atom stereocenters. The number of hydrogen-bond donors (Lipinski definition) is 0. The first kappa shape index (κ1) is 21.6. The Morgan fingerprint density at radius 1 is 0.677 bits per heavy atom. The van der Waals surface area contributed by atoms with Gasteiger partial charge in [-0.2, -0.15) is 0 Å². The lowest BCUT2D eigenvalue weighted by atomic mass is 10.0. The minimum absolute atomic E-state index is 1.07. The van der Waals surface area contributed by atoms with Gasteiger partial charge in [0.1, 0.15) is 0 Å². The van der Waals surface area contributed by atoms with Gasteiger partial charge in [0.05, 0.1) is 11.4 Å². The lowest BCUT2D eigenvalue weighted by molar-refractivity contribution is 0.666. The molecule has 1 heterocycles. The summed E-state index contributed by atoms with van der Waals surface area (Å²) in [6.45, 7) is 4.41. The van der Waals surface area contributed by atoms with Gasteiger partial charge in [-0.15, -0.1) is 0 Å². The zero-order valence-corrected chi connectivity index (χ0v) is 20.0. The number of aryl methyl sites for hydroxylation is 1. The summed E-state index contributed by atoms with van der Waals surface area (Å²) in [5, 5.41) is 0. The first-order chi connectivity index (χ1) is 15.2. The highest BCUT2D eigenvalue weighted by Gasteiger charge is 2.24. The third kappa shape index (κ3) is 4.70. The second-order valence-electron chi connectivity index (χ2n) is 8.20. The summed E-state index contributed by atoms with van der Waals surface area (Å²) in [6, 6.07) is 30.5. The Labute approximate surface area is 194 Å². The van der Waals surface area contributed by atoms with Crippen LogP contribution >= 0.6 is 15.9 Å². The van der Waals surface area contributed by atoms with E-state index in [2.05, 4.69) is 119 Å². The van der Waals surface area contributed by atoms with Crippen LogP contribution < -0.4 is 0 Å². The van der Waals surface area contributed by atoms with Gasteiger partial charge in [-0.25, -0.2) is 0 Å². The smallest absolute Gasteiger partial charge is 0.0680 e. The van der Waals surface area contributed by atoms with Crippen LogP contribution in [0.25, 0.3) is 28.2 Å². The first-order valence-electron chi connectivity index (χ1n) is 11.3. The molecular formula is C29H30BrN. The van der Waals surface area contributed by atoms with Crippen molar-refractivity contribution in [3.63, 3.8) is 0 Å². The number of rotatable bonds is 8. The van der Waals surface area contributed by atoms with E-state index in [4.69, 9.17) is 0 Å². The van der Waals surface area contributed by atoms with Gasteiger partial charge in [0.25, 0.3) is 0 Å². The molecule has 4 aromatic rings. The van der Waals surface area contributed by atoms with E-state index in [9.17, 15) is 0 Å². The Bertz CT molecular complexity index is 1110. The van der Waals surface area contributed by atoms with E-state index in [1.54, 1.807) is 0 Å². The predicted octanol–water partition coefficient (Wildman–Crippen LogP) is 9.01. The summed E-state index contributed by atoms with van der Waals surface area (Å²) in [5.74, 6) is 0. The van der Waals surface area contributed by atoms with Gasteiger partial charge < -0.3 is 4.57 Å². The second-order valence-corrected chi connectivity index (χ2v) is 9.00. The largest absolute Gasteiger partial charge is 0.308 e. The molecule has 2 heteroatoms. The van der Waals surface area contributed by atoms with Gasteiger partial charge in [-0.1, -0.05) is 105 Å². The van der Waals surface area contributed by atoms with Gasteiger partial charge in [0, 0.05) is 10.2 Å². The van der Waals surface area contributed by atoms with Crippen molar-refractivity contribution in [3.05, 3.63) is 101 Å². The fraction of sp³-hybridized carbons (Fsp3) is 0.241.